The Balaban J connectivity index is 1.79. The molecule has 1 atom stereocenters. The number of pyridine rings is 1. The summed E-state index contributed by atoms with van der Waals surface area (Å²) in [5.74, 6) is 1.62. The van der Waals surface area contributed by atoms with E-state index >= 15 is 0 Å². The number of rotatable bonds is 5. The zero-order valence-electron chi connectivity index (χ0n) is 16.4. The number of hydrogen-bond donors (Lipinski definition) is 2. The highest BCUT2D eigenvalue weighted by molar-refractivity contribution is 5.93. The van der Waals surface area contributed by atoms with Crippen LogP contribution in [0.3, 0.4) is 0 Å². The number of aryl methyl sites for hydroxylation is 1. The van der Waals surface area contributed by atoms with Crippen molar-refractivity contribution in [3.63, 3.8) is 0 Å². The van der Waals surface area contributed by atoms with Gasteiger partial charge >= 0.3 is 0 Å². The number of aromatic nitrogens is 6. The highest BCUT2D eigenvalue weighted by Crippen LogP contribution is 2.29. The molecule has 4 heterocycles. The molecule has 4 aromatic heterocycles. The zero-order valence-corrected chi connectivity index (χ0v) is 16.4. The number of nitrogens with zero attached hydrogens (tertiary/aromatic N) is 5. The van der Waals surface area contributed by atoms with Gasteiger partial charge in [-0.1, -0.05) is 6.92 Å². The summed E-state index contributed by atoms with van der Waals surface area (Å²) in [6, 6.07) is 4.67. The first kappa shape index (κ1) is 17.5. The van der Waals surface area contributed by atoms with E-state index in [2.05, 4.69) is 57.5 Å². The number of nitrogens with one attached hydrogen (secondary N) is 2. The van der Waals surface area contributed by atoms with E-state index in [-0.39, 0.29) is 0 Å². The second kappa shape index (κ2) is 6.64. The van der Waals surface area contributed by atoms with Gasteiger partial charge in [-0.15, -0.1) is 0 Å². The van der Waals surface area contributed by atoms with Crippen molar-refractivity contribution in [3.8, 4) is 11.3 Å². The van der Waals surface area contributed by atoms with Crippen LogP contribution in [0, 0.1) is 6.92 Å². The molecule has 0 saturated heterocycles. The number of hydrogen-bond acceptors (Lipinski definition) is 5. The zero-order chi connectivity index (χ0) is 19.1. The average molecular weight is 363 g/mol. The summed E-state index contributed by atoms with van der Waals surface area (Å²) >= 11 is 0. The summed E-state index contributed by atoms with van der Waals surface area (Å²) in [5.41, 5.74) is 4.52. The second-order valence-corrected chi connectivity index (χ2v) is 7.27. The van der Waals surface area contributed by atoms with Crippen LogP contribution in [-0.2, 0) is 0 Å². The monoisotopic (exact) mass is 363 g/mol. The van der Waals surface area contributed by atoms with Crippen LogP contribution in [0.2, 0.25) is 0 Å². The molecule has 0 bridgehead atoms. The smallest absolute Gasteiger partial charge is 0.224 e. The predicted molar refractivity (Wildman–Crippen MR) is 109 cm³/mol. The number of fused-ring (bicyclic) bond motifs is 2. The lowest BCUT2D eigenvalue weighted by atomic mass is 10.1. The fourth-order valence-corrected chi connectivity index (χ4v) is 3.37. The van der Waals surface area contributed by atoms with Crippen molar-refractivity contribution in [1.29, 1.82) is 0 Å². The van der Waals surface area contributed by atoms with Gasteiger partial charge in [0, 0.05) is 35.4 Å². The van der Waals surface area contributed by atoms with E-state index in [0.717, 1.165) is 45.7 Å². The number of anilines is 1. The van der Waals surface area contributed by atoms with Gasteiger partial charge < -0.3 is 14.9 Å². The highest BCUT2D eigenvalue weighted by Gasteiger charge is 2.15. The SMILES string of the molecule is CC[C@H](C)Nc1ncc2c(-c3ccc4nc(C)n(C(C)C)c4n3)c[nH]c2n1. The van der Waals surface area contributed by atoms with Gasteiger partial charge in [-0.2, -0.15) is 4.98 Å². The Hall–Kier alpha value is -2.96. The Morgan fingerprint density at radius 1 is 1.15 bits per heavy atom. The summed E-state index contributed by atoms with van der Waals surface area (Å²) in [4.78, 5) is 21.9. The van der Waals surface area contributed by atoms with E-state index < -0.39 is 0 Å². The van der Waals surface area contributed by atoms with Crippen LogP contribution >= 0.6 is 0 Å². The third kappa shape index (κ3) is 3.03. The normalized spacial score (nSPS) is 13.0. The van der Waals surface area contributed by atoms with Gasteiger partial charge in [0.25, 0.3) is 0 Å². The van der Waals surface area contributed by atoms with Crippen LogP contribution < -0.4 is 5.32 Å². The maximum atomic E-state index is 4.90. The second-order valence-electron chi connectivity index (χ2n) is 7.27. The minimum absolute atomic E-state index is 0.304. The number of imidazole rings is 1. The Morgan fingerprint density at radius 3 is 2.70 bits per heavy atom. The van der Waals surface area contributed by atoms with Gasteiger partial charge in [0.1, 0.15) is 17.0 Å². The first-order chi connectivity index (χ1) is 13.0. The molecule has 4 rings (SSSR count). The van der Waals surface area contributed by atoms with Gasteiger partial charge in [0.05, 0.1) is 5.69 Å². The molecule has 0 aliphatic carbocycles. The third-order valence-electron chi connectivity index (χ3n) is 4.93. The van der Waals surface area contributed by atoms with E-state index in [1.54, 1.807) is 0 Å². The lowest BCUT2D eigenvalue weighted by molar-refractivity contribution is 0.595. The van der Waals surface area contributed by atoms with Gasteiger partial charge in [-0.3, -0.25) is 0 Å². The molecule has 4 aromatic rings. The Bertz CT molecular complexity index is 1110. The van der Waals surface area contributed by atoms with Gasteiger partial charge in [0.2, 0.25) is 5.95 Å². The molecule has 27 heavy (non-hydrogen) atoms. The molecule has 0 aromatic carbocycles. The summed E-state index contributed by atoms with van der Waals surface area (Å²) in [6.07, 6.45) is 4.82. The van der Waals surface area contributed by atoms with Gasteiger partial charge in [0.15, 0.2) is 5.65 Å². The molecule has 140 valence electrons. The molecule has 0 spiro atoms. The van der Waals surface area contributed by atoms with E-state index in [1.165, 1.54) is 0 Å². The van der Waals surface area contributed by atoms with Crippen LogP contribution in [0.4, 0.5) is 5.95 Å². The molecule has 0 fully saturated rings. The van der Waals surface area contributed by atoms with Crippen molar-refractivity contribution in [3.05, 3.63) is 30.4 Å². The maximum absolute atomic E-state index is 4.90. The van der Waals surface area contributed by atoms with Crippen molar-refractivity contribution in [2.75, 3.05) is 5.32 Å². The van der Waals surface area contributed by atoms with E-state index in [1.807, 2.05) is 31.5 Å². The van der Waals surface area contributed by atoms with Gasteiger partial charge in [-0.05, 0) is 46.2 Å². The van der Waals surface area contributed by atoms with E-state index in [9.17, 15) is 0 Å². The fraction of sp³-hybridized carbons (Fsp3) is 0.400. The Labute approximate surface area is 158 Å². The standard InChI is InChI=1S/C20H25N7/c1-6-12(4)23-20-22-10-15-14(9-21-18(15)26-20)16-7-8-17-19(25-16)27(11(2)3)13(5)24-17/h7-12H,6H2,1-5H3,(H2,21,22,23,26)/t12-/m0/s1. The predicted octanol–water partition coefficient (Wildman–Crippen LogP) is 4.47. The maximum Gasteiger partial charge on any atom is 0.224 e. The minimum atomic E-state index is 0.304. The first-order valence-corrected chi connectivity index (χ1v) is 9.44. The summed E-state index contributed by atoms with van der Waals surface area (Å²) in [6.45, 7) is 10.6. The van der Waals surface area contributed by atoms with Crippen LogP contribution in [0.1, 0.15) is 46.0 Å². The van der Waals surface area contributed by atoms with Crippen LogP contribution in [0.25, 0.3) is 33.5 Å². The molecule has 7 heteroatoms. The lowest BCUT2D eigenvalue weighted by Crippen LogP contribution is -2.15. The Kier molecular flexibility index (Phi) is 4.30. The summed E-state index contributed by atoms with van der Waals surface area (Å²) < 4.78 is 2.17. The third-order valence-corrected chi connectivity index (χ3v) is 4.93. The van der Waals surface area contributed by atoms with Crippen molar-refractivity contribution in [2.45, 2.75) is 53.1 Å². The molecule has 0 radical (unpaired) electrons. The van der Waals surface area contributed by atoms with Crippen LogP contribution in [0.15, 0.2) is 24.5 Å². The quantitative estimate of drug-likeness (QED) is 0.546. The number of aromatic amines is 1. The minimum Gasteiger partial charge on any atom is -0.352 e. The molecule has 2 N–H and O–H groups in total. The largest absolute Gasteiger partial charge is 0.352 e. The molecular formula is C20H25N7. The molecule has 0 amide bonds. The first-order valence-electron chi connectivity index (χ1n) is 9.44. The van der Waals surface area contributed by atoms with Crippen molar-refractivity contribution in [1.82, 2.24) is 29.5 Å². The summed E-state index contributed by atoms with van der Waals surface area (Å²) in [5, 5.41) is 4.27. The van der Waals surface area contributed by atoms with Crippen molar-refractivity contribution in [2.24, 2.45) is 0 Å². The lowest BCUT2D eigenvalue weighted by Gasteiger charge is -2.11. The topological polar surface area (TPSA) is 84.3 Å². The van der Waals surface area contributed by atoms with E-state index in [0.29, 0.717) is 18.0 Å². The fourth-order valence-electron chi connectivity index (χ4n) is 3.37. The molecule has 0 aliphatic rings. The highest BCUT2D eigenvalue weighted by atomic mass is 15.1. The van der Waals surface area contributed by atoms with Gasteiger partial charge in [-0.25, -0.2) is 15.0 Å². The molecule has 0 aliphatic heterocycles. The molecule has 7 nitrogen and oxygen atoms in total. The molecule has 0 saturated carbocycles. The van der Waals surface area contributed by atoms with Crippen molar-refractivity contribution < 1.29 is 0 Å². The average Bonchev–Trinajstić information content (AvgIpc) is 3.20. The summed E-state index contributed by atoms with van der Waals surface area (Å²) in [7, 11) is 0. The van der Waals surface area contributed by atoms with Crippen molar-refractivity contribution >= 4 is 28.1 Å². The van der Waals surface area contributed by atoms with Crippen LogP contribution in [0.5, 0.6) is 0 Å². The molecule has 0 unspecified atom stereocenters. The number of H-pyrrole nitrogens is 1. The molecular weight excluding hydrogens is 338 g/mol. The van der Waals surface area contributed by atoms with E-state index in [4.69, 9.17) is 4.98 Å². The van der Waals surface area contributed by atoms with Crippen LogP contribution in [-0.4, -0.2) is 35.5 Å². The Morgan fingerprint density at radius 2 is 1.96 bits per heavy atom.